The van der Waals surface area contributed by atoms with Crippen molar-refractivity contribution >= 4 is 17.3 Å². The standard InChI is InChI=1S/C23H32N4O3/c1-21-10-16-11-22(2,13-21)15-23(12-16,14-21)25-20(28)17-3-4-18(19(9-17)27(29)30)26-7-5-24-6-8-26/h3-4,9,16,24H,5-8,10-15H2,1-2H3,(H,25,28)/t16?,21-,22-,23?/m0/s1. The molecule has 1 aromatic rings. The van der Waals surface area contributed by atoms with Gasteiger partial charge in [0.25, 0.3) is 11.6 Å². The van der Waals surface area contributed by atoms with Crippen LogP contribution in [0.2, 0.25) is 0 Å². The van der Waals surface area contributed by atoms with Crippen molar-refractivity contribution in [2.24, 2.45) is 16.7 Å². The number of piperazine rings is 1. The summed E-state index contributed by atoms with van der Waals surface area (Å²) in [5.41, 5.74) is 1.47. The van der Waals surface area contributed by atoms with Gasteiger partial charge in [0.1, 0.15) is 5.69 Å². The van der Waals surface area contributed by atoms with Crippen LogP contribution < -0.4 is 15.5 Å². The largest absolute Gasteiger partial charge is 0.363 e. The summed E-state index contributed by atoms with van der Waals surface area (Å²) in [7, 11) is 0. The van der Waals surface area contributed by atoms with E-state index in [9.17, 15) is 14.9 Å². The molecule has 1 aliphatic heterocycles. The van der Waals surface area contributed by atoms with Crippen molar-refractivity contribution in [1.29, 1.82) is 0 Å². The summed E-state index contributed by atoms with van der Waals surface area (Å²) in [6.45, 7) is 7.83. The number of nitrogens with one attached hydrogen (secondary N) is 2. The number of rotatable bonds is 4. The lowest BCUT2D eigenvalue weighted by Crippen LogP contribution is -2.65. The molecule has 1 amide bonds. The number of carbonyl (C=O) groups excluding carboxylic acids is 1. The fourth-order valence-corrected chi connectivity index (χ4v) is 7.88. The Labute approximate surface area is 177 Å². The van der Waals surface area contributed by atoms with Crippen LogP contribution in [0.4, 0.5) is 11.4 Å². The SMILES string of the molecule is C[C@@]12CC3CC(NC(=O)c4ccc(N5CCNCC5)c([N+](=O)[O-])c4)(C1)C[C@@](C)(C3)C2. The van der Waals surface area contributed by atoms with E-state index in [2.05, 4.69) is 24.5 Å². The molecule has 6 rings (SSSR count). The van der Waals surface area contributed by atoms with Gasteiger partial charge >= 0.3 is 0 Å². The van der Waals surface area contributed by atoms with E-state index < -0.39 is 0 Å². The number of anilines is 1. The molecule has 1 aromatic carbocycles. The van der Waals surface area contributed by atoms with Gasteiger partial charge < -0.3 is 15.5 Å². The second kappa shape index (κ2) is 6.67. The van der Waals surface area contributed by atoms with Gasteiger partial charge in [0, 0.05) is 43.3 Å². The Balaban J connectivity index is 1.40. The molecule has 162 valence electrons. The van der Waals surface area contributed by atoms with Gasteiger partial charge in [0.2, 0.25) is 0 Å². The molecule has 1 saturated heterocycles. The summed E-state index contributed by atoms with van der Waals surface area (Å²) in [6.07, 6.45) is 6.89. The molecule has 0 unspecified atom stereocenters. The van der Waals surface area contributed by atoms with Crippen LogP contribution in [0.3, 0.4) is 0 Å². The Bertz CT molecular complexity index is 876. The smallest absolute Gasteiger partial charge is 0.293 e. The molecule has 0 spiro atoms. The summed E-state index contributed by atoms with van der Waals surface area (Å²) in [4.78, 5) is 26.7. The van der Waals surface area contributed by atoms with Crippen molar-refractivity contribution < 1.29 is 9.72 Å². The highest BCUT2D eigenvalue weighted by Crippen LogP contribution is 2.66. The minimum Gasteiger partial charge on any atom is -0.363 e. The van der Waals surface area contributed by atoms with E-state index in [4.69, 9.17) is 0 Å². The van der Waals surface area contributed by atoms with E-state index in [-0.39, 0.29) is 22.1 Å². The molecular formula is C23H32N4O3. The first-order chi connectivity index (χ1) is 14.2. The number of carbonyl (C=O) groups is 1. The molecule has 2 atom stereocenters. The molecule has 5 fully saturated rings. The predicted octanol–water partition coefficient (Wildman–Crippen LogP) is 3.48. The van der Waals surface area contributed by atoms with Crippen LogP contribution in [0.25, 0.3) is 0 Å². The topological polar surface area (TPSA) is 87.5 Å². The average molecular weight is 413 g/mol. The van der Waals surface area contributed by atoms with Gasteiger partial charge in [-0.15, -0.1) is 0 Å². The van der Waals surface area contributed by atoms with Gasteiger partial charge in [0.05, 0.1) is 4.92 Å². The maximum Gasteiger partial charge on any atom is 0.293 e. The molecule has 4 aliphatic carbocycles. The van der Waals surface area contributed by atoms with E-state index in [1.165, 1.54) is 25.3 Å². The van der Waals surface area contributed by atoms with Gasteiger partial charge in [0.15, 0.2) is 0 Å². The predicted molar refractivity (Wildman–Crippen MR) is 116 cm³/mol. The maximum atomic E-state index is 13.2. The normalized spacial score (nSPS) is 37.3. The first kappa shape index (κ1) is 19.8. The molecular weight excluding hydrogens is 380 g/mol. The van der Waals surface area contributed by atoms with Crippen LogP contribution in [0.1, 0.15) is 62.7 Å². The summed E-state index contributed by atoms with van der Waals surface area (Å²) in [5, 5.41) is 18.4. The monoisotopic (exact) mass is 412 g/mol. The Morgan fingerprint density at radius 2 is 1.80 bits per heavy atom. The molecule has 30 heavy (non-hydrogen) atoms. The van der Waals surface area contributed by atoms with Crippen molar-refractivity contribution in [3.63, 3.8) is 0 Å². The first-order valence-electron chi connectivity index (χ1n) is 11.3. The molecule has 7 nitrogen and oxygen atoms in total. The quantitative estimate of drug-likeness (QED) is 0.584. The van der Waals surface area contributed by atoms with Crippen molar-refractivity contribution in [3.8, 4) is 0 Å². The van der Waals surface area contributed by atoms with Crippen molar-refractivity contribution in [3.05, 3.63) is 33.9 Å². The minimum absolute atomic E-state index is 0.0222. The molecule has 0 radical (unpaired) electrons. The van der Waals surface area contributed by atoms with Crippen LogP contribution in [0.5, 0.6) is 0 Å². The zero-order valence-corrected chi connectivity index (χ0v) is 18.0. The summed E-state index contributed by atoms with van der Waals surface area (Å²) in [5.74, 6) is 0.514. The highest BCUT2D eigenvalue weighted by Gasteiger charge is 2.60. The fourth-order valence-electron chi connectivity index (χ4n) is 7.88. The molecule has 2 N–H and O–H groups in total. The number of nitro groups is 1. The van der Waals surface area contributed by atoms with Gasteiger partial charge in [-0.05, 0) is 67.4 Å². The minimum atomic E-state index is -0.360. The van der Waals surface area contributed by atoms with Gasteiger partial charge in [-0.1, -0.05) is 13.8 Å². The zero-order valence-electron chi connectivity index (χ0n) is 18.0. The number of nitro benzene ring substituents is 1. The van der Waals surface area contributed by atoms with Crippen LogP contribution in [-0.4, -0.2) is 42.5 Å². The third kappa shape index (κ3) is 3.37. The van der Waals surface area contributed by atoms with Crippen LogP contribution >= 0.6 is 0 Å². The second-order valence-corrected chi connectivity index (χ2v) is 11.1. The number of nitrogens with zero attached hydrogens (tertiary/aromatic N) is 2. The van der Waals surface area contributed by atoms with Crippen LogP contribution in [-0.2, 0) is 0 Å². The van der Waals surface area contributed by atoms with E-state index in [0.29, 0.717) is 28.0 Å². The lowest BCUT2D eigenvalue weighted by atomic mass is 9.43. The number of hydrogen-bond donors (Lipinski definition) is 2. The highest BCUT2D eigenvalue weighted by molar-refractivity contribution is 5.96. The third-order valence-electron chi connectivity index (χ3n) is 7.90. The lowest BCUT2D eigenvalue weighted by molar-refractivity contribution is -0.384. The molecule has 0 aromatic heterocycles. The molecule has 5 aliphatic rings. The molecule has 1 heterocycles. The zero-order chi connectivity index (χ0) is 21.1. The molecule has 4 bridgehead atoms. The number of hydrogen-bond acceptors (Lipinski definition) is 5. The van der Waals surface area contributed by atoms with E-state index in [1.54, 1.807) is 12.1 Å². The van der Waals surface area contributed by atoms with Crippen LogP contribution in [0.15, 0.2) is 18.2 Å². The van der Waals surface area contributed by atoms with Crippen molar-refractivity contribution in [2.45, 2.75) is 57.9 Å². The Kier molecular flexibility index (Phi) is 4.40. The lowest BCUT2D eigenvalue weighted by Gasteiger charge is -2.65. The highest BCUT2D eigenvalue weighted by atomic mass is 16.6. The summed E-state index contributed by atoms with van der Waals surface area (Å²) < 4.78 is 0. The van der Waals surface area contributed by atoms with E-state index >= 15 is 0 Å². The second-order valence-electron chi connectivity index (χ2n) is 11.1. The fraction of sp³-hybridized carbons (Fsp3) is 0.696. The van der Waals surface area contributed by atoms with E-state index in [0.717, 1.165) is 45.4 Å². The summed E-state index contributed by atoms with van der Waals surface area (Å²) >= 11 is 0. The number of amides is 1. The average Bonchev–Trinajstić information content (AvgIpc) is 2.65. The van der Waals surface area contributed by atoms with Crippen LogP contribution in [0, 0.1) is 26.9 Å². The third-order valence-corrected chi connectivity index (χ3v) is 7.90. The Morgan fingerprint density at radius 3 is 2.40 bits per heavy atom. The maximum absolute atomic E-state index is 13.2. The molecule has 7 heteroatoms. The summed E-state index contributed by atoms with van der Waals surface area (Å²) in [6, 6.07) is 4.97. The Morgan fingerprint density at radius 1 is 1.13 bits per heavy atom. The van der Waals surface area contributed by atoms with E-state index in [1.807, 2.05) is 4.90 Å². The van der Waals surface area contributed by atoms with Gasteiger partial charge in [-0.25, -0.2) is 0 Å². The van der Waals surface area contributed by atoms with Gasteiger partial charge in [-0.3, -0.25) is 14.9 Å². The Hall–Kier alpha value is -2.15. The first-order valence-corrected chi connectivity index (χ1v) is 11.3. The van der Waals surface area contributed by atoms with Crippen molar-refractivity contribution in [1.82, 2.24) is 10.6 Å². The molecule has 4 saturated carbocycles. The number of benzene rings is 1. The van der Waals surface area contributed by atoms with Crippen molar-refractivity contribution in [2.75, 3.05) is 31.1 Å². The van der Waals surface area contributed by atoms with Gasteiger partial charge in [-0.2, -0.15) is 0 Å².